The Hall–Kier alpha value is -1.80. The first-order chi connectivity index (χ1) is 13.8. The summed E-state index contributed by atoms with van der Waals surface area (Å²) in [6.45, 7) is 3.54. The van der Waals surface area contributed by atoms with E-state index in [9.17, 15) is 9.18 Å². The number of carbonyl (C=O) groups excluding carboxylic acids is 1. The zero-order chi connectivity index (χ0) is 21.7. The highest BCUT2D eigenvalue weighted by atomic mass is 79.9. The van der Waals surface area contributed by atoms with Crippen molar-refractivity contribution in [2.45, 2.75) is 25.5 Å². The number of esters is 1. The lowest BCUT2D eigenvalue weighted by Gasteiger charge is -2.35. The van der Waals surface area contributed by atoms with E-state index < -0.39 is 5.54 Å². The van der Waals surface area contributed by atoms with E-state index in [0.29, 0.717) is 26.2 Å². The molecular weight excluding hydrogens is 441 g/mol. The van der Waals surface area contributed by atoms with Crippen LogP contribution >= 0.6 is 15.9 Å². The van der Waals surface area contributed by atoms with Crippen LogP contribution in [-0.2, 0) is 25.6 Å². The summed E-state index contributed by atoms with van der Waals surface area (Å²) >= 11 is 3.18. The van der Waals surface area contributed by atoms with Crippen molar-refractivity contribution in [1.82, 2.24) is 0 Å². The van der Waals surface area contributed by atoms with Crippen LogP contribution in [0, 0.1) is 11.7 Å². The van der Waals surface area contributed by atoms with E-state index in [-0.39, 0.29) is 17.7 Å². The number of nitrogens with two attached hydrogens (primary N) is 1. The van der Waals surface area contributed by atoms with Crippen molar-refractivity contribution in [1.29, 1.82) is 0 Å². The third-order valence-electron chi connectivity index (χ3n) is 4.20. The first kappa shape index (κ1) is 25.2. The first-order valence-corrected chi connectivity index (χ1v) is 9.98. The number of methoxy groups -OCH3 is 2. The third-order valence-corrected chi connectivity index (χ3v) is 4.73. The minimum Gasteiger partial charge on any atom is -0.469 e. The van der Waals surface area contributed by atoms with Gasteiger partial charge in [-0.05, 0) is 43.2 Å². The Morgan fingerprint density at radius 3 is 2.31 bits per heavy atom. The van der Waals surface area contributed by atoms with Crippen LogP contribution in [-0.4, -0.2) is 38.9 Å². The van der Waals surface area contributed by atoms with Gasteiger partial charge < -0.3 is 19.9 Å². The van der Waals surface area contributed by atoms with Crippen molar-refractivity contribution < 1.29 is 23.4 Å². The molecule has 2 N–H and O–H groups in total. The van der Waals surface area contributed by atoms with Crippen LogP contribution < -0.4 is 5.73 Å². The normalized spacial score (nSPS) is 20.4. The molecule has 1 fully saturated rings. The van der Waals surface area contributed by atoms with Crippen molar-refractivity contribution in [3.05, 3.63) is 70.5 Å². The molecule has 2 aromatic carbocycles. The molecule has 1 aliphatic heterocycles. The molecule has 1 aliphatic rings. The van der Waals surface area contributed by atoms with Crippen molar-refractivity contribution in [3.63, 3.8) is 0 Å². The molecule has 29 heavy (non-hydrogen) atoms. The summed E-state index contributed by atoms with van der Waals surface area (Å²) in [7, 11) is 3.08. The second-order valence-electron chi connectivity index (χ2n) is 6.78. The van der Waals surface area contributed by atoms with Gasteiger partial charge in [-0.25, -0.2) is 4.39 Å². The van der Waals surface area contributed by atoms with Crippen LogP contribution in [0.1, 0.15) is 18.9 Å². The number of carbonyl (C=O) groups is 1. The average Bonchev–Trinajstić information content (AvgIpc) is 2.71. The molecule has 0 radical (unpaired) electrons. The van der Waals surface area contributed by atoms with Gasteiger partial charge in [-0.2, -0.15) is 0 Å². The monoisotopic (exact) mass is 469 g/mol. The minimum absolute atomic E-state index is 0.201. The number of hydrogen-bond donors (Lipinski definition) is 1. The van der Waals surface area contributed by atoms with Crippen molar-refractivity contribution >= 4 is 21.9 Å². The van der Waals surface area contributed by atoms with E-state index in [0.717, 1.165) is 4.47 Å². The number of ether oxygens (including phenoxy) is 3. The molecule has 5 nitrogen and oxygen atoms in total. The largest absolute Gasteiger partial charge is 0.469 e. The molecule has 1 saturated heterocycles. The maximum Gasteiger partial charge on any atom is 0.310 e. The van der Waals surface area contributed by atoms with Gasteiger partial charge in [-0.15, -0.1) is 0 Å². The van der Waals surface area contributed by atoms with E-state index in [1.807, 2.05) is 37.3 Å². The second-order valence-corrected chi connectivity index (χ2v) is 7.69. The molecule has 3 rings (SSSR count). The Labute approximate surface area is 180 Å². The molecule has 7 heteroatoms. The molecule has 0 bridgehead atoms. The summed E-state index contributed by atoms with van der Waals surface area (Å²) in [5.41, 5.74) is 6.52. The van der Waals surface area contributed by atoms with Crippen LogP contribution in [0.15, 0.2) is 59.1 Å². The molecule has 0 saturated carbocycles. The lowest BCUT2D eigenvalue weighted by molar-refractivity contribution is -0.152. The summed E-state index contributed by atoms with van der Waals surface area (Å²) < 4.78 is 27.7. The molecule has 160 valence electrons. The summed E-state index contributed by atoms with van der Waals surface area (Å²) in [6.07, 6.45) is 0.652. The third kappa shape index (κ3) is 9.99. The van der Waals surface area contributed by atoms with Crippen molar-refractivity contribution in [2.24, 2.45) is 11.7 Å². The smallest absolute Gasteiger partial charge is 0.310 e. The first-order valence-electron chi connectivity index (χ1n) is 9.18. The fourth-order valence-electron chi connectivity index (χ4n) is 2.62. The maximum absolute atomic E-state index is 12.1. The van der Waals surface area contributed by atoms with Gasteiger partial charge in [0.25, 0.3) is 0 Å². The standard InChI is InChI=1S/C8H15NO3.C8H10O.C6H4BrF/c1-8(9)5-12-4-3-6(8)7(10)11-2;1-9-7-8-5-3-2-4-6-8;7-5-1-3-6(8)4-2-5/h6H,3-5,9H2,1-2H3;2-6H,7H2,1H3;1-4H. The summed E-state index contributed by atoms with van der Waals surface area (Å²) in [4.78, 5) is 11.2. The van der Waals surface area contributed by atoms with Crippen molar-refractivity contribution in [3.8, 4) is 0 Å². The predicted molar refractivity (Wildman–Crippen MR) is 115 cm³/mol. The SMILES string of the molecule is COC(=O)C1CCOCC1(C)N.COCc1ccccc1.Fc1ccc(Br)cc1. The molecule has 0 aliphatic carbocycles. The van der Waals surface area contributed by atoms with E-state index in [4.69, 9.17) is 15.2 Å². The van der Waals surface area contributed by atoms with Gasteiger partial charge in [-0.1, -0.05) is 46.3 Å². The van der Waals surface area contributed by atoms with Gasteiger partial charge in [-0.3, -0.25) is 4.79 Å². The minimum atomic E-state index is -0.578. The molecular formula is C22H29BrFNO4. The molecule has 0 amide bonds. The van der Waals surface area contributed by atoms with Gasteiger partial charge >= 0.3 is 5.97 Å². The Balaban J connectivity index is 0.000000223. The molecule has 0 aromatic heterocycles. The average molecular weight is 470 g/mol. The second kappa shape index (κ2) is 13.4. The van der Waals surface area contributed by atoms with Gasteiger partial charge in [0.1, 0.15) is 5.82 Å². The highest BCUT2D eigenvalue weighted by Gasteiger charge is 2.39. The summed E-state index contributed by atoms with van der Waals surface area (Å²) in [6, 6.07) is 16.2. The topological polar surface area (TPSA) is 70.8 Å². The Bertz CT molecular complexity index is 690. The Morgan fingerprint density at radius 1 is 1.21 bits per heavy atom. The van der Waals surface area contributed by atoms with Gasteiger partial charge in [0, 0.05) is 23.7 Å². The molecule has 0 spiro atoms. The molecule has 2 unspecified atom stereocenters. The van der Waals surface area contributed by atoms with Gasteiger partial charge in [0.15, 0.2) is 0 Å². The highest BCUT2D eigenvalue weighted by Crippen LogP contribution is 2.24. The zero-order valence-corrected chi connectivity index (χ0v) is 18.7. The van der Waals surface area contributed by atoms with Crippen molar-refractivity contribution in [2.75, 3.05) is 27.4 Å². The van der Waals surface area contributed by atoms with Crippen LogP contribution in [0.2, 0.25) is 0 Å². The fourth-order valence-corrected chi connectivity index (χ4v) is 2.89. The van der Waals surface area contributed by atoms with E-state index in [1.54, 1.807) is 19.2 Å². The number of hydrogen-bond acceptors (Lipinski definition) is 5. The molecule has 1 heterocycles. The highest BCUT2D eigenvalue weighted by molar-refractivity contribution is 9.10. The molecule has 2 atom stereocenters. The van der Waals surface area contributed by atoms with Gasteiger partial charge in [0.2, 0.25) is 0 Å². The summed E-state index contributed by atoms with van der Waals surface area (Å²) in [5, 5.41) is 0. The van der Waals surface area contributed by atoms with E-state index in [2.05, 4.69) is 20.7 Å². The number of halogens is 2. The fraction of sp³-hybridized carbons (Fsp3) is 0.409. The number of rotatable bonds is 3. The quantitative estimate of drug-likeness (QED) is 0.677. The summed E-state index contributed by atoms with van der Waals surface area (Å²) in [5.74, 6) is -0.659. The Kier molecular flexibility index (Phi) is 11.7. The molecule has 2 aromatic rings. The van der Waals surface area contributed by atoms with Crippen LogP contribution in [0.4, 0.5) is 4.39 Å². The Morgan fingerprint density at radius 2 is 1.83 bits per heavy atom. The maximum atomic E-state index is 12.1. The predicted octanol–water partition coefficient (Wildman–Crippen LogP) is 4.33. The lowest BCUT2D eigenvalue weighted by atomic mass is 9.83. The van der Waals surface area contributed by atoms with E-state index in [1.165, 1.54) is 24.8 Å². The number of benzene rings is 2. The van der Waals surface area contributed by atoms with Crippen LogP contribution in [0.25, 0.3) is 0 Å². The van der Waals surface area contributed by atoms with Crippen LogP contribution in [0.5, 0.6) is 0 Å². The van der Waals surface area contributed by atoms with E-state index >= 15 is 0 Å². The lowest BCUT2D eigenvalue weighted by Crippen LogP contribution is -2.54. The zero-order valence-electron chi connectivity index (χ0n) is 17.1. The van der Waals surface area contributed by atoms with Crippen LogP contribution in [0.3, 0.4) is 0 Å². The van der Waals surface area contributed by atoms with Gasteiger partial charge in [0.05, 0.1) is 26.2 Å².